The first-order valence-corrected chi connectivity index (χ1v) is 10.2. The van der Waals surface area contributed by atoms with Gasteiger partial charge in [0.25, 0.3) is 5.91 Å². The fourth-order valence-electron chi connectivity index (χ4n) is 2.65. The summed E-state index contributed by atoms with van der Waals surface area (Å²) in [5, 5.41) is 3.02. The van der Waals surface area contributed by atoms with Crippen molar-refractivity contribution in [2.45, 2.75) is 39.2 Å². The maximum absolute atomic E-state index is 12.4. The quantitative estimate of drug-likeness (QED) is 0.597. The lowest BCUT2D eigenvalue weighted by atomic mass is 9.97. The largest absolute Gasteiger partial charge is 0.444 e. The molecule has 1 aromatic rings. The Balaban J connectivity index is 1.79. The summed E-state index contributed by atoms with van der Waals surface area (Å²) in [6, 6.07) is 5.67. The number of carbonyl (C=O) groups is 2. The highest BCUT2D eigenvalue weighted by Crippen LogP contribution is 2.21. The van der Waals surface area contributed by atoms with Gasteiger partial charge in [-0.1, -0.05) is 15.9 Å². The molecule has 0 bridgehead atoms. The molecular weight excluding hydrogens is 499 g/mol. The van der Waals surface area contributed by atoms with Gasteiger partial charge in [-0.3, -0.25) is 4.79 Å². The van der Waals surface area contributed by atoms with E-state index in [4.69, 9.17) is 4.74 Å². The molecule has 1 fully saturated rings. The Labute approximate surface area is 171 Å². The van der Waals surface area contributed by atoms with Crippen LogP contribution in [0.4, 0.5) is 4.79 Å². The molecule has 0 radical (unpaired) electrons. The Hall–Kier alpha value is -0.830. The number of hydrogen-bond donors (Lipinski definition) is 1. The van der Waals surface area contributed by atoms with Gasteiger partial charge in [0.2, 0.25) is 0 Å². The van der Waals surface area contributed by atoms with Crippen molar-refractivity contribution in [1.82, 2.24) is 10.2 Å². The highest BCUT2D eigenvalue weighted by atomic mass is 127. The first-order chi connectivity index (χ1) is 11.7. The minimum absolute atomic E-state index is 0.0553. The predicted octanol–water partition coefficient (Wildman–Crippen LogP) is 4.43. The zero-order valence-corrected chi connectivity index (χ0v) is 18.5. The SMILES string of the molecule is CC(C)(C)OC(=O)N1CCC(CNC(=O)c2cc(Br)ccc2I)CC1. The maximum Gasteiger partial charge on any atom is 0.410 e. The van der Waals surface area contributed by atoms with Crippen LogP contribution in [0.25, 0.3) is 0 Å². The number of halogens is 2. The van der Waals surface area contributed by atoms with Gasteiger partial charge in [-0.15, -0.1) is 0 Å². The van der Waals surface area contributed by atoms with E-state index in [0.717, 1.165) is 20.9 Å². The van der Waals surface area contributed by atoms with Crippen molar-refractivity contribution in [1.29, 1.82) is 0 Å². The third-order valence-electron chi connectivity index (χ3n) is 3.99. The van der Waals surface area contributed by atoms with Crippen molar-refractivity contribution >= 4 is 50.5 Å². The number of piperidine rings is 1. The minimum atomic E-state index is -0.469. The zero-order valence-electron chi connectivity index (χ0n) is 14.8. The highest BCUT2D eigenvalue weighted by molar-refractivity contribution is 14.1. The van der Waals surface area contributed by atoms with Gasteiger partial charge in [-0.05, 0) is 80.3 Å². The van der Waals surface area contributed by atoms with E-state index in [1.54, 1.807) is 4.90 Å². The molecule has 25 heavy (non-hydrogen) atoms. The van der Waals surface area contributed by atoms with Crippen molar-refractivity contribution in [3.05, 3.63) is 31.8 Å². The Morgan fingerprint density at radius 2 is 1.96 bits per heavy atom. The fourth-order valence-corrected chi connectivity index (χ4v) is 3.59. The van der Waals surface area contributed by atoms with Crippen LogP contribution in [0.3, 0.4) is 0 Å². The van der Waals surface area contributed by atoms with E-state index in [1.165, 1.54) is 0 Å². The molecule has 5 nitrogen and oxygen atoms in total. The van der Waals surface area contributed by atoms with Gasteiger partial charge in [-0.2, -0.15) is 0 Å². The Morgan fingerprint density at radius 3 is 2.56 bits per heavy atom. The number of hydrogen-bond acceptors (Lipinski definition) is 3. The Bertz CT molecular complexity index is 638. The van der Waals surface area contributed by atoms with E-state index >= 15 is 0 Å². The fraction of sp³-hybridized carbons (Fsp3) is 0.556. The van der Waals surface area contributed by atoms with Crippen molar-refractivity contribution in [2.75, 3.05) is 19.6 Å². The van der Waals surface area contributed by atoms with E-state index in [9.17, 15) is 9.59 Å². The van der Waals surface area contributed by atoms with Crippen LogP contribution in [0.2, 0.25) is 0 Å². The van der Waals surface area contributed by atoms with Crippen LogP contribution in [0, 0.1) is 9.49 Å². The smallest absolute Gasteiger partial charge is 0.410 e. The molecule has 1 N–H and O–H groups in total. The minimum Gasteiger partial charge on any atom is -0.444 e. The summed E-state index contributed by atoms with van der Waals surface area (Å²) in [7, 11) is 0. The lowest BCUT2D eigenvalue weighted by molar-refractivity contribution is 0.0183. The van der Waals surface area contributed by atoms with Gasteiger partial charge in [0.15, 0.2) is 0 Å². The number of ether oxygens (including phenoxy) is 1. The van der Waals surface area contributed by atoms with Crippen molar-refractivity contribution < 1.29 is 14.3 Å². The molecule has 1 aliphatic rings. The average molecular weight is 523 g/mol. The summed E-state index contributed by atoms with van der Waals surface area (Å²) in [6.45, 7) is 7.58. The molecule has 138 valence electrons. The summed E-state index contributed by atoms with van der Waals surface area (Å²) in [4.78, 5) is 26.2. The first kappa shape index (κ1) is 20.5. The zero-order chi connectivity index (χ0) is 18.6. The average Bonchev–Trinajstić information content (AvgIpc) is 2.53. The number of benzene rings is 1. The van der Waals surface area contributed by atoms with E-state index in [-0.39, 0.29) is 12.0 Å². The van der Waals surface area contributed by atoms with E-state index in [2.05, 4.69) is 43.8 Å². The molecular formula is C18H24BrIN2O3. The maximum atomic E-state index is 12.4. The second-order valence-corrected chi connectivity index (χ2v) is 9.32. The molecule has 0 aromatic heterocycles. The number of rotatable bonds is 3. The second-order valence-electron chi connectivity index (χ2n) is 7.24. The molecule has 7 heteroatoms. The van der Waals surface area contributed by atoms with Crippen LogP contribution >= 0.6 is 38.5 Å². The molecule has 0 saturated carbocycles. The van der Waals surface area contributed by atoms with Gasteiger partial charge in [0.1, 0.15) is 5.60 Å². The van der Waals surface area contributed by atoms with Crippen LogP contribution in [-0.2, 0) is 4.74 Å². The number of carbonyl (C=O) groups excluding carboxylic acids is 2. The monoisotopic (exact) mass is 522 g/mol. The molecule has 0 spiro atoms. The van der Waals surface area contributed by atoms with Gasteiger partial charge < -0.3 is 15.0 Å². The molecule has 2 rings (SSSR count). The number of nitrogens with zero attached hydrogens (tertiary/aromatic N) is 1. The second kappa shape index (κ2) is 8.70. The summed E-state index contributed by atoms with van der Waals surface area (Å²) in [5.74, 6) is 0.327. The van der Waals surface area contributed by atoms with E-state index in [1.807, 2.05) is 39.0 Å². The van der Waals surface area contributed by atoms with Gasteiger partial charge in [-0.25, -0.2) is 4.79 Å². The van der Waals surface area contributed by atoms with Gasteiger partial charge in [0.05, 0.1) is 5.56 Å². The first-order valence-electron chi connectivity index (χ1n) is 8.37. The summed E-state index contributed by atoms with van der Waals surface area (Å²) >= 11 is 5.57. The molecule has 1 aromatic carbocycles. The summed E-state index contributed by atoms with van der Waals surface area (Å²) in [5.41, 5.74) is 0.212. The van der Waals surface area contributed by atoms with E-state index < -0.39 is 5.60 Å². The topological polar surface area (TPSA) is 58.6 Å². The molecule has 1 aliphatic heterocycles. The predicted molar refractivity (Wildman–Crippen MR) is 110 cm³/mol. The van der Waals surface area contributed by atoms with Gasteiger partial charge >= 0.3 is 6.09 Å². The Kier molecular flexibility index (Phi) is 7.13. The summed E-state index contributed by atoms with van der Waals surface area (Å²) < 4.78 is 7.23. The van der Waals surface area contributed by atoms with Crippen LogP contribution in [0.15, 0.2) is 22.7 Å². The molecule has 1 heterocycles. The Morgan fingerprint density at radius 1 is 1.32 bits per heavy atom. The van der Waals surface area contributed by atoms with Crippen molar-refractivity contribution in [2.24, 2.45) is 5.92 Å². The normalized spacial score (nSPS) is 15.8. The van der Waals surface area contributed by atoms with Crippen molar-refractivity contribution in [3.8, 4) is 0 Å². The molecule has 0 atom stereocenters. The third-order valence-corrected chi connectivity index (χ3v) is 5.42. The number of amides is 2. The van der Waals surface area contributed by atoms with Crippen LogP contribution in [0.1, 0.15) is 44.0 Å². The molecule has 0 unspecified atom stereocenters. The third kappa shape index (κ3) is 6.44. The van der Waals surface area contributed by atoms with Crippen LogP contribution < -0.4 is 5.32 Å². The van der Waals surface area contributed by atoms with E-state index in [0.29, 0.717) is 31.1 Å². The molecule has 0 aliphatic carbocycles. The number of likely N-dealkylation sites (tertiary alicyclic amines) is 1. The standard InChI is InChI=1S/C18H24BrIN2O3/c1-18(2,3)25-17(24)22-8-6-12(7-9-22)11-21-16(23)14-10-13(19)4-5-15(14)20/h4-5,10,12H,6-9,11H2,1-3H3,(H,21,23). The lowest BCUT2D eigenvalue weighted by Gasteiger charge is -2.33. The molecule has 1 saturated heterocycles. The molecule has 2 amide bonds. The highest BCUT2D eigenvalue weighted by Gasteiger charge is 2.27. The summed E-state index contributed by atoms with van der Waals surface area (Å²) in [6.07, 6.45) is 1.49. The van der Waals surface area contributed by atoms with Crippen LogP contribution in [0.5, 0.6) is 0 Å². The van der Waals surface area contributed by atoms with Crippen molar-refractivity contribution in [3.63, 3.8) is 0 Å². The lowest BCUT2D eigenvalue weighted by Crippen LogP contribution is -2.43. The van der Waals surface area contributed by atoms with Crippen LogP contribution in [-0.4, -0.2) is 42.1 Å². The number of nitrogens with one attached hydrogen (secondary N) is 1. The van der Waals surface area contributed by atoms with Gasteiger partial charge in [0, 0.05) is 27.7 Å².